The number of rotatable bonds is 6. The highest BCUT2D eigenvalue weighted by Crippen LogP contribution is 2.54. The molecule has 1 aliphatic carbocycles. The quantitative estimate of drug-likeness (QED) is 0.375. The smallest absolute Gasteiger partial charge is 0.233 e. The first-order valence-electron chi connectivity index (χ1n) is 11.9. The fourth-order valence-electron chi connectivity index (χ4n) is 5.19. The number of hydrogen-bond donors (Lipinski definition) is 0. The summed E-state index contributed by atoms with van der Waals surface area (Å²) in [6.07, 6.45) is 2.07. The van der Waals surface area contributed by atoms with E-state index in [0.717, 1.165) is 5.57 Å². The van der Waals surface area contributed by atoms with Crippen molar-refractivity contribution in [3.8, 4) is 0 Å². The predicted molar refractivity (Wildman–Crippen MR) is 141 cm³/mol. The van der Waals surface area contributed by atoms with Gasteiger partial charge in [-0.1, -0.05) is 78.4 Å². The van der Waals surface area contributed by atoms with Crippen molar-refractivity contribution in [3.63, 3.8) is 0 Å². The van der Waals surface area contributed by atoms with Crippen LogP contribution in [0.5, 0.6) is 0 Å². The highest BCUT2D eigenvalue weighted by molar-refractivity contribution is 6.34. The van der Waals surface area contributed by atoms with Gasteiger partial charge in [-0.05, 0) is 38.5 Å². The van der Waals surface area contributed by atoms with Crippen LogP contribution in [0.15, 0.2) is 89.6 Å². The molecule has 2 aromatic carbocycles. The molecular weight excluding hydrogens is 490 g/mol. The van der Waals surface area contributed by atoms with E-state index in [1.54, 1.807) is 67.7 Å². The molecule has 1 aliphatic heterocycles. The molecule has 0 radical (unpaired) electrons. The van der Waals surface area contributed by atoms with Crippen LogP contribution in [0.3, 0.4) is 0 Å². The van der Waals surface area contributed by atoms with Crippen molar-refractivity contribution in [3.05, 3.63) is 106 Å². The number of nitrogens with zero attached hydrogens (tertiary/aromatic N) is 1. The molecule has 190 valence electrons. The lowest BCUT2D eigenvalue weighted by atomic mass is 9.73. The van der Waals surface area contributed by atoms with E-state index in [1.807, 2.05) is 13.8 Å². The number of halogens is 1. The number of ether oxygens (including phenoxy) is 1. The molecule has 1 saturated heterocycles. The lowest BCUT2D eigenvalue weighted by Gasteiger charge is -2.29. The van der Waals surface area contributed by atoms with Crippen LogP contribution < -0.4 is 0 Å². The fourth-order valence-corrected chi connectivity index (χ4v) is 5.31. The first-order chi connectivity index (χ1) is 17.6. The van der Waals surface area contributed by atoms with Gasteiger partial charge in [-0.3, -0.25) is 19.2 Å². The van der Waals surface area contributed by atoms with E-state index in [9.17, 15) is 19.2 Å². The molecule has 37 heavy (non-hydrogen) atoms. The van der Waals surface area contributed by atoms with Crippen LogP contribution in [0, 0.1) is 11.8 Å². The minimum absolute atomic E-state index is 0.189. The number of carbonyl (C=O) groups is 4. The van der Waals surface area contributed by atoms with Crippen LogP contribution in [0.25, 0.3) is 0 Å². The zero-order valence-corrected chi connectivity index (χ0v) is 21.9. The van der Waals surface area contributed by atoms with Gasteiger partial charge in [0.25, 0.3) is 0 Å². The molecule has 6 nitrogen and oxygen atoms in total. The highest BCUT2D eigenvalue weighted by atomic mass is 35.5. The van der Waals surface area contributed by atoms with E-state index in [1.165, 1.54) is 17.9 Å². The zero-order valence-electron chi connectivity index (χ0n) is 21.2. The molecule has 1 spiro atoms. The molecule has 0 bridgehead atoms. The number of amides is 1. The Hall–Kier alpha value is -3.61. The summed E-state index contributed by atoms with van der Waals surface area (Å²) < 4.78 is 6.35. The Morgan fingerprint density at radius 3 is 2.00 bits per heavy atom. The number of hydrogen-bond acceptors (Lipinski definition) is 5. The van der Waals surface area contributed by atoms with Crippen LogP contribution in [0.2, 0.25) is 0 Å². The molecule has 0 saturated carbocycles. The normalized spacial score (nSPS) is 22.1. The molecule has 2 unspecified atom stereocenters. The second-order valence-corrected chi connectivity index (χ2v) is 9.93. The van der Waals surface area contributed by atoms with Crippen LogP contribution in [0.4, 0.5) is 0 Å². The Morgan fingerprint density at radius 2 is 1.51 bits per heavy atom. The van der Waals surface area contributed by atoms with Gasteiger partial charge in [-0.25, -0.2) is 0 Å². The summed E-state index contributed by atoms with van der Waals surface area (Å²) in [5.74, 6) is -4.65. The molecule has 7 heteroatoms. The van der Waals surface area contributed by atoms with Crippen LogP contribution in [-0.4, -0.2) is 40.8 Å². The SMILES string of the molecule is C=C/C(=C\C(Cl)=C(C)C)N(C)C(=O)C1C(c2ccccc2)OC2(C(=O)c3ccccc3C2=O)[C@@H]1C(C)=O. The van der Waals surface area contributed by atoms with Gasteiger partial charge in [-0.15, -0.1) is 0 Å². The van der Waals surface area contributed by atoms with Crippen molar-refractivity contribution in [2.75, 3.05) is 7.05 Å². The second kappa shape index (κ2) is 10.0. The number of Topliss-reactive ketones (excluding diaryl/α,β-unsaturated/α-hetero) is 3. The van der Waals surface area contributed by atoms with E-state index in [4.69, 9.17) is 16.3 Å². The van der Waals surface area contributed by atoms with E-state index >= 15 is 0 Å². The number of carbonyl (C=O) groups excluding carboxylic acids is 4. The van der Waals surface area contributed by atoms with Crippen LogP contribution in [0.1, 0.15) is 53.2 Å². The van der Waals surface area contributed by atoms with Crippen molar-refractivity contribution in [1.29, 1.82) is 0 Å². The number of allylic oxidation sites excluding steroid dienone is 4. The Bertz CT molecular complexity index is 1330. The minimum Gasteiger partial charge on any atom is -0.349 e. The van der Waals surface area contributed by atoms with Gasteiger partial charge in [0.15, 0.2) is 0 Å². The van der Waals surface area contributed by atoms with Gasteiger partial charge < -0.3 is 9.64 Å². The minimum atomic E-state index is -2.12. The van der Waals surface area contributed by atoms with Crippen molar-refractivity contribution in [1.82, 2.24) is 4.90 Å². The summed E-state index contributed by atoms with van der Waals surface area (Å²) in [6.45, 7) is 8.77. The Kier molecular flexibility index (Phi) is 7.18. The summed E-state index contributed by atoms with van der Waals surface area (Å²) >= 11 is 6.34. The number of benzene rings is 2. The van der Waals surface area contributed by atoms with Crippen LogP contribution >= 0.6 is 11.6 Å². The van der Waals surface area contributed by atoms with Crippen LogP contribution in [-0.2, 0) is 14.3 Å². The molecule has 2 aliphatic rings. The average Bonchev–Trinajstić information content (AvgIpc) is 3.36. The first-order valence-corrected chi connectivity index (χ1v) is 12.3. The summed E-state index contributed by atoms with van der Waals surface area (Å²) in [6, 6.07) is 15.3. The standard InChI is InChI=1S/C30H28ClNO5/c1-6-20(16-23(31)17(2)3)32(5)29(36)24-25(18(4)33)30(37-26(24)19-12-8-7-9-13-19)27(34)21-14-10-11-15-22(21)28(30)35/h6-16,24-26H,1H2,2-5H3/b20-16+/t24?,25-,26?/m1/s1. The number of ketones is 3. The van der Waals surface area contributed by atoms with E-state index in [-0.39, 0.29) is 11.1 Å². The third-order valence-electron chi connectivity index (χ3n) is 7.06. The molecule has 1 fully saturated rings. The monoisotopic (exact) mass is 517 g/mol. The summed E-state index contributed by atoms with van der Waals surface area (Å²) in [4.78, 5) is 56.3. The third kappa shape index (κ3) is 4.20. The maximum atomic E-state index is 14.1. The second-order valence-electron chi connectivity index (χ2n) is 9.52. The molecule has 0 aromatic heterocycles. The summed E-state index contributed by atoms with van der Waals surface area (Å²) in [5, 5.41) is 0.438. The Balaban J connectivity index is 1.90. The van der Waals surface area contributed by atoms with Crippen molar-refractivity contribution >= 4 is 34.9 Å². The number of likely N-dealkylation sites (N-methyl/N-ethyl adjacent to an activating group) is 1. The van der Waals surface area contributed by atoms with Gasteiger partial charge in [-0.2, -0.15) is 0 Å². The third-order valence-corrected chi connectivity index (χ3v) is 7.54. The molecule has 1 amide bonds. The molecule has 1 heterocycles. The molecular formula is C30H28ClNO5. The van der Waals surface area contributed by atoms with Gasteiger partial charge in [0.2, 0.25) is 23.1 Å². The molecule has 0 N–H and O–H groups in total. The molecule has 3 atom stereocenters. The lowest BCUT2D eigenvalue weighted by molar-refractivity contribution is -0.138. The lowest BCUT2D eigenvalue weighted by Crippen LogP contribution is -2.52. The van der Waals surface area contributed by atoms with Crippen molar-refractivity contribution < 1.29 is 23.9 Å². The Morgan fingerprint density at radius 1 is 0.973 bits per heavy atom. The van der Waals surface area contributed by atoms with Gasteiger partial charge >= 0.3 is 0 Å². The van der Waals surface area contributed by atoms with Gasteiger partial charge in [0, 0.05) is 28.9 Å². The number of fused-ring (bicyclic) bond motifs is 1. The van der Waals surface area contributed by atoms with E-state index in [2.05, 4.69) is 6.58 Å². The first kappa shape index (κ1) is 26.5. The highest BCUT2D eigenvalue weighted by Gasteiger charge is 2.70. The maximum Gasteiger partial charge on any atom is 0.233 e. The molecule has 4 rings (SSSR count). The zero-order chi connectivity index (χ0) is 27.1. The summed E-state index contributed by atoms with van der Waals surface area (Å²) in [5.41, 5.74) is 0.0862. The van der Waals surface area contributed by atoms with E-state index < -0.39 is 46.8 Å². The average molecular weight is 518 g/mol. The predicted octanol–water partition coefficient (Wildman–Crippen LogP) is 5.46. The molecule has 2 aromatic rings. The van der Waals surface area contributed by atoms with E-state index in [0.29, 0.717) is 16.3 Å². The van der Waals surface area contributed by atoms with Crippen molar-refractivity contribution in [2.24, 2.45) is 11.8 Å². The topological polar surface area (TPSA) is 80.8 Å². The van der Waals surface area contributed by atoms with Gasteiger partial charge in [0.05, 0.1) is 17.9 Å². The fraction of sp³-hybridized carbons (Fsp3) is 0.267. The van der Waals surface area contributed by atoms with Crippen molar-refractivity contribution in [2.45, 2.75) is 32.5 Å². The largest absolute Gasteiger partial charge is 0.349 e. The Labute approximate surface area is 221 Å². The maximum absolute atomic E-state index is 14.1. The van der Waals surface area contributed by atoms with Gasteiger partial charge in [0.1, 0.15) is 5.78 Å². The summed E-state index contributed by atoms with van der Waals surface area (Å²) in [7, 11) is 1.54.